The fraction of sp³-hybridized carbons (Fsp3) is 0.316. The van der Waals surface area contributed by atoms with Crippen LogP contribution >= 0.6 is 0 Å². The van der Waals surface area contributed by atoms with Crippen LogP contribution in [-0.2, 0) is 20.2 Å². The Morgan fingerprint density at radius 2 is 1.58 bits per heavy atom. The summed E-state index contributed by atoms with van der Waals surface area (Å²) in [5.74, 6) is -0.964. The van der Waals surface area contributed by atoms with Crippen molar-refractivity contribution in [3.05, 3.63) is 59.9 Å². The van der Waals surface area contributed by atoms with Gasteiger partial charge in [0.15, 0.2) is 0 Å². The highest BCUT2D eigenvalue weighted by Gasteiger charge is 2.21. The maximum atomic E-state index is 13.1. The van der Waals surface area contributed by atoms with Gasteiger partial charge in [0.05, 0.1) is 11.9 Å². The van der Waals surface area contributed by atoms with E-state index in [1.807, 2.05) is 12.1 Å². The number of nitrogens with zero attached hydrogens (tertiary/aromatic N) is 1. The predicted molar refractivity (Wildman–Crippen MR) is 102 cm³/mol. The van der Waals surface area contributed by atoms with Crippen LogP contribution in [-0.4, -0.2) is 27.1 Å². The van der Waals surface area contributed by atoms with Crippen molar-refractivity contribution in [3.63, 3.8) is 0 Å². The number of carbonyl (C=O) groups is 1. The fourth-order valence-electron chi connectivity index (χ4n) is 2.39. The first kappa shape index (κ1) is 19.9. The number of amides is 1. The first-order chi connectivity index (χ1) is 12.0. The van der Waals surface area contributed by atoms with E-state index in [1.54, 1.807) is 12.1 Å². The van der Waals surface area contributed by atoms with Gasteiger partial charge in [0, 0.05) is 5.69 Å². The normalized spacial score (nSPS) is 11.9. The van der Waals surface area contributed by atoms with E-state index in [1.165, 1.54) is 12.1 Å². The third kappa shape index (κ3) is 5.29. The molecule has 140 valence electrons. The maximum absolute atomic E-state index is 13.1. The standard InChI is InChI=1S/C19H23FN2O3S/c1-19(2,3)14-5-9-16(10-6-14)21-18(23)13-22(26(4,24)25)17-11-7-15(20)8-12-17/h5-12H,13H2,1-4H3,(H,21,23). The lowest BCUT2D eigenvalue weighted by atomic mass is 9.87. The summed E-state index contributed by atoms with van der Waals surface area (Å²) in [7, 11) is -3.69. The minimum absolute atomic E-state index is 0.00178. The van der Waals surface area contributed by atoms with Crippen LogP contribution in [0.15, 0.2) is 48.5 Å². The Labute approximate surface area is 153 Å². The molecule has 5 nitrogen and oxygen atoms in total. The molecule has 0 aliphatic heterocycles. The van der Waals surface area contributed by atoms with Gasteiger partial charge in [-0.05, 0) is 47.4 Å². The van der Waals surface area contributed by atoms with Crippen LogP contribution in [0, 0.1) is 5.82 Å². The van der Waals surface area contributed by atoms with Crippen molar-refractivity contribution >= 4 is 27.3 Å². The lowest BCUT2D eigenvalue weighted by Gasteiger charge is -2.22. The van der Waals surface area contributed by atoms with Crippen LogP contribution in [0.3, 0.4) is 0 Å². The number of carbonyl (C=O) groups excluding carboxylic acids is 1. The Bertz CT molecular complexity index is 870. The Balaban J connectivity index is 2.14. The van der Waals surface area contributed by atoms with E-state index in [9.17, 15) is 17.6 Å². The second-order valence-electron chi connectivity index (χ2n) is 7.12. The van der Waals surface area contributed by atoms with Gasteiger partial charge in [-0.25, -0.2) is 12.8 Å². The zero-order valence-electron chi connectivity index (χ0n) is 15.3. The van der Waals surface area contributed by atoms with Crippen LogP contribution in [0.25, 0.3) is 0 Å². The molecule has 0 aliphatic carbocycles. The highest BCUT2D eigenvalue weighted by molar-refractivity contribution is 7.92. The molecule has 0 aliphatic rings. The zero-order chi connectivity index (χ0) is 19.5. The van der Waals surface area contributed by atoms with Gasteiger partial charge in [-0.2, -0.15) is 0 Å². The minimum Gasteiger partial charge on any atom is -0.325 e. The summed E-state index contributed by atoms with van der Waals surface area (Å²) in [5.41, 5.74) is 1.93. The average molecular weight is 378 g/mol. The van der Waals surface area contributed by atoms with Crippen molar-refractivity contribution in [2.24, 2.45) is 0 Å². The Kier molecular flexibility index (Phi) is 5.71. The molecule has 2 aromatic rings. The summed E-state index contributed by atoms with van der Waals surface area (Å²) < 4.78 is 38.0. The van der Waals surface area contributed by atoms with Crippen LogP contribution in [0.2, 0.25) is 0 Å². The van der Waals surface area contributed by atoms with E-state index in [0.29, 0.717) is 5.69 Å². The van der Waals surface area contributed by atoms with E-state index >= 15 is 0 Å². The summed E-state index contributed by atoms with van der Waals surface area (Å²) in [5, 5.41) is 2.69. The van der Waals surface area contributed by atoms with Gasteiger partial charge in [0.25, 0.3) is 0 Å². The quantitative estimate of drug-likeness (QED) is 0.866. The molecule has 0 saturated carbocycles. The molecule has 0 atom stereocenters. The van der Waals surface area contributed by atoms with Crippen LogP contribution in [0.1, 0.15) is 26.3 Å². The van der Waals surface area contributed by atoms with Crippen molar-refractivity contribution in [1.29, 1.82) is 0 Å². The van der Waals surface area contributed by atoms with Gasteiger partial charge in [-0.3, -0.25) is 9.10 Å². The van der Waals surface area contributed by atoms with Crippen molar-refractivity contribution in [1.82, 2.24) is 0 Å². The first-order valence-electron chi connectivity index (χ1n) is 8.10. The third-order valence-electron chi connectivity index (χ3n) is 3.84. The minimum atomic E-state index is -3.69. The Morgan fingerprint density at radius 3 is 2.04 bits per heavy atom. The number of nitrogens with one attached hydrogen (secondary N) is 1. The van der Waals surface area contributed by atoms with E-state index in [4.69, 9.17) is 0 Å². The molecule has 0 fully saturated rings. The molecule has 1 N–H and O–H groups in total. The second-order valence-corrected chi connectivity index (χ2v) is 9.03. The zero-order valence-corrected chi connectivity index (χ0v) is 16.1. The smallest absolute Gasteiger partial charge is 0.245 e. The van der Waals surface area contributed by atoms with Gasteiger partial charge >= 0.3 is 0 Å². The number of anilines is 2. The van der Waals surface area contributed by atoms with E-state index in [-0.39, 0.29) is 11.1 Å². The molecule has 0 aromatic heterocycles. The molecule has 0 saturated heterocycles. The highest BCUT2D eigenvalue weighted by Crippen LogP contribution is 2.23. The maximum Gasteiger partial charge on any atom is 0.245 e. The fourth-order valence-corrected chi connectivity index (χ4v) is 3.25. The van der Waals surface area contributed by atoms with Gasteiger partial charge in [-0.15, -0.1) is 0 Å². The van der Waals surface area contributed by atoms with Crippen LogP contribution in [0.4, 0.5) is 15.8 Å². The molecule has 2 rings (SSSR count). The summed E-state index contributed by atoms with van der Waals surface area (Å²) in [6.07, 6.45) is 1.00. The summed E-state index contributed by atoms with van der Waals surface area (Å²) in [6.45, 7) is 5.87. The number of halogens is 1. The van der Waals surface area contributed by atoms with Crippen molar-refractivity contribution in [2.45, 2.75) is 26.2 Å². The first-order valence-corrected chi connectivity index (χ1v) is 9.95. The third-order valence-corrected chi connectivity index (χ3v) is 4.98. The molecule has 1 amide bonds. The topological polar surface area (TPSA) is 66.5 Å². The molecule has 0 radical (unpaired) electrons. The van der Waals surface area contributed by atoms with E-state index in [0.717, 1.165) is 28.3 Å². The SMILES string of the molecule is CC(C)(C)c1ccc(NC(=O)CN(c2ccc(F)cc2)S(C)(=O)=O)cc1. The summed E-state index contributed by atoms with van der Waals surface area (Å²) in [4.78, 5) is 12.3. The van der Waals surface area contributed by atoms with Crippen molar-refractivity contribution in [2.75, 3.05) is 22.4 Å². The molecule has 2 aromatic carbocycles. The number of hydrogen-bond acceptors (Lipinski definition) is 3. The van der Waals surface area contributed by atoms with Gasteiger partial charge in [0.2, 0.25) is 15.9 Å². The molecule has 0 bridgehead atoms. The number of benzene rings is 2. The molecule has 0 unspecified atom stereocenters. The van der Waals surface area contributed by atoms with Crippen molar-refractivity contribution in [3.8, 4) is 0 Å². The molecule has 0 spiro atoms. The molecular formula is C19H23FN2O3S. The molecule has 7 heteroatoms. The van der Waals surface area contributed by atoms with Crippen molar-refractivity contribution < 1.29 is 17.6 Å². The lowest BCUT2D eigenvalue weighted by molar-refractivity contribution is -0.114. The number of sulfonamides is 1. The average Bonchev–Trinajstić information content (AvgIpc) is 2.52. The molecule has 0 heterocycles. The van der Waals surface area contributed by atoms with Crippen LogP contribution in [0.5, 0.6) is 0 Å². The number of rotatable bonds is 5. The summed E-state index contributed by atoms with van der Waals surface area (Å²) >= 11 is 0. The van der Waals surface area contributed by atoms with E-state index < -0.39 is 28.3 Å². The largest absolute Gasteiger partial charge is 0.325 e. The summed E-state index contributed by atoms with van der Waals surface area (Å²) in [6, 6.07) is 12.3. The van der Waals surface area contributed by atoms with Gasteiger partial charge in [-0.1, -0.05) is 32.9 Å². The highest BCUT2D eigenvalue weighted by atomic mass is 32.2. The lowest BCUT2D eigenvalue weighted by Crippen LogP contribution is -2.37. The number of hydrogen-bond donors (Lipinski definition) is 1. The van der Waals surface area contributed by atoms with E-state index in [2.05, 4.69) is 26.1 Å². The molecule has 26 heavy (non-hydrogen) atoms. The Morgan fingerprint density at radius 1 is 1.04 bits per heavy atom. The second kappa shape index (κ2) is 7.45. The van der Waals surface area contributed by atoms with Crippen LogP contribution < -0.4 is 9.62 Å². The van der Waals surface area contributed by atoms with Gasteiger partial charge < -0.3 is 5.32 Å². The predicted octanol–water partition coefficient (Wildman–Crippen LogP) is 3.53. The van der Waals surface area contributed by atoms with Gasteiger partial charge in [0.1, 0.15) is 12.4 Å². The monoisotopic (exact) mass is 378 g/mol. The Hall–Kier alpha value is -2.41. The molecular weight excluding hydrogens is 355 g/mol.